The van der Waals surface area contributed by atoms with Crippen LogP contribution in [0.25, 0.3) is 0 Å². The number of halogens is 2. The number of rotatable bonds is 3. The Hall–Kier alpha value is -0.450. The number of benzene rings is 1. The van der Waals surface area contributed by atoms with Crippen LogP contribution in [0.3, 0.4) is 0 Å². The Labute approximate surface area is 110 Å². The van der Waals surface area contributed by atoms with E-state index in [0.29, 0.717) is 5.92 Å². The van der Waals surface area contributed by atoms with Crippen molar-refractivity contribution in [2.75, 3.05) is 14.2 Å². The predicted molar refractivity (Wildman–Crippen MR) is 69.8 cm³/mol. The summed E-state index contributed by atoms with van der Waals surface area (Å²) in [6.07, 6.45) is 1.03. The van der Waals surface area contributed by atoms with E-state index in [1.54, 1.807) is 14.2 Å². The number of ether oxygens (including phenoxy) is 2. The summed E-state index contributed by atoms with van der Waals surface area (Å²) in [7, 11) is 3.33. The molecule has 1 aromatic rings. The van der Waals surface area contributed by atoms with Crippen LogP contribution < -0.4 is 15.2 Å². The van der Waals surface area contributed by atoms with Crippen LogP contribution in [0.15, 0.2) is 16.6 Å². The first-order valence-corrected chi connectivity index (χ1v) is 5.63. The summed E-state index contributed by atoms with van der Waals surface area (Å²) in [6, 6.07) is 4.20. The molecule has 90 valence electrons. The molecular weight excluding hydrogens is 293 g/mol. The van der Waals surface area contributed by atoms with E-state index >= 15 is 0 Å². The molecule has 2 rings (SSSR count). The third kappa shape index (κ3) is 2.44. The molecule has 16 heavy (non-hydrogen) atoms. The molecule has 2 atom stereocenters. The van der Waals surface area contributed by atoms with Crippen molar-refractivity contribution in [3.8, 4) is 11.5 Å². The van der Waals surface area contributed by atoms with Gasteiger partial charge in [-0.05, 0) is 34.5 Å². The Kier molecular flexibility index (Phi) is 4.47. The molecule has 1 aliphatic carbocycles. The Bertz CT molecular complexity index is 386. The van der Waals surface area contributed by atoms with Gasteiger partial charge >= 0.3 is 0 Å². The van der Waals surface area contributed by atoms with Gasteiger partial charge in [0.15, 0.2) is 0 Å². The van der Waals surface area contributed by atoms with E-state index in [1.807, 2.05) is 12.1 Å². The minimum absolute atomic E-state index is 0. The van der Waals surface area contributed by atoms with E-state index in [1.165, 1.54) is 0 Å². The van der Waals surface area contributed by atoms with Crippen LogP contribution in [-0.4, -0.2) is 20.3 Å². The van der Waals surface area contributed by atoms with Crippen LogP contribution in [0.5, 0.6) is 11.5 Å². The van der Waals surface area contributed by atoms with Crippen LogP contribution in [0.1, 0.15) is 17.9 Å². The summed E-state index contributed by atoms with van der Waals surface area (Å²) in [4.78, 5) is 0. The molecule has 0 spiro atoms. The number of hydrogen-bond donors (Lipinski definition) is 1. The monoisotopic (exact) mass is 307 g/mol. The zero-order valence-corrected chi connectivity index (χ0v) is 11.6. The van der Waals surface area contributed by atoms with Gasteiger partial charge in [-0.25, -0.2) is 0 Å². The van der Waals surface area contributed by atoms with E-state index < -0.39 is 0 Å². The molecule has 1 aromatic carbocycles. The fourth-order valence-electron chi connectivity index (χ4n) is 1.75. The molecule has 1 aliphatic rings. The smallest absolute Gasteiger partial charge is 0.133 e. The molecular formula is C11H15BrClNO2. The van der Waals surface area contributed by atoms with Crippen molar-refractivity contribution in [2.24, 2.45) is 5.73 Å². The second-order valence-electron chi connectivity index (χ2n) is 3.73. The lowest BCUT2D eigenvalue weighted by atomic mass is 10.1. The normalized spacial score (nSPS) is 22.2. The van der Waals surface area contributed by atoms with Crippen molar-refractivity contribution in [3.63, 3.8) is 0 Å². The topological polar surface area (TPSA) is 44.5 Å². The van der Waals surface area contributed by atoms with Gasteiger partial charge in [0.05, 0.1) is 18.7 Å². The molecule has 1 saturated carbocycles. The van der Waals surface area contributed by atoms with Crippen molar-refractivity contribution < 1.29 is 9.47 Å². The van der Waals surface area contributed by atoms with Gasteiger partial charge < -0.3 is 15.2 Å². The molecule has 0 aliphatic heterocycles. The van der Waals surface area contributed by atoms with Crippen molar-refractivity contribution in [1.29, 1.82) is 0 Å². The highest BCUT2D eigenvalue weighted by Gasteiger charge is 2.37. The summed E-state index contributed by atoms with van der Waals surface area (Å²) in [5.74, 6) is 2.12. The average Bonchev–Trinajstić information content (AvgIpc) is 2.95. The maximum Gasteiger partial charge on any atom is 0.133 e. The maximum absolute atomic E-state index is 5.84. The molecule has 0 unspecified atom stereocenters. The van der Waals surface area contributed by atoms with Crippen LogP contribution >= 0.6 is 28.3 Å². The van der Waals surface area contributed by atoms with Gasteiger partial charge in [-0.1, -0.05) is 0 Å². The molecule has 0 aromatic heterocycles. The number of methoxy groups -OCH3 is 2. The van der Waals surface area contributed by atoms with E-state index in [-0.39, 0.29) is 18.4 Å². The number of hydrogen-bond acceptors (Lipinski definition) is 3. The average molecular weight is 309 g/mol. The lowest BCUT2D eigenvalue weighted by Gasteiger charge is -2.11. The first-order valence-electron chi connectivity index (χ1n) is 4.84. The van der Waals surface area contributed by atoms with E-state index in [2.05, 4.69) is 15.9 Å². The predicted octanol–water partition coefficient (Wildman–Crippen LogP) is 2.70. The molecule has 0 saturated heterocycles. The Balaban J connectivity index is 0.00000128. The van der Waals surface area contributed by atoms with Crippen LogP contribution in [0.4, 0.5) is 0 Å². The fraction of sp³-hybridized carbons (Fsp3) is 0.455. The molecule has 1 fully saturated rings. The Morgan fingerprint density at radius 3 is 2.25 bits per heavy atom. The van der Waals surface area contributed by atoms with Crippen molar-refractivity contribution >= 4 is 28.3 Å². The SMILES string of the molecule is COc1cc([C@@H]2C[C@H]2N)c(OC)cc1Br.Cl. The standard InChI is InChI=1S/C11H14BrNO2.ClH/c1-14-10-5-8(12)11(15-2)4-7(10)6-3-9(6)13;/h4-6,9H,3,13H2,1-2H3;1H/t6-,9+;/m0./s1. The molecule has 0 bridgehead atoms. The number of nitrogens with two attached hydrogens (primary N) is 1. The highest BCUT2D eigenvalue weighted by Crippen LogP contribution is 2.46. The third-order valence-electron chi connectivity index (χ3n) is 2.74. The summed E-state index contributed by atoms with van der Waals surface area (Å²) in [6.45, 7) is 0. The lowest BCUT2D eigenvalue weighted by Crippen LogP contribution is -2.02. The molecule has 3 nitrogen and oxygen atoms in total. The van der Waals surface area contributed by atoms with Gasteiger partial charge in [0, 0.05) is 17.5 Å². The zero-order chi connectivity index (χ0) is 11.0. The second-order valence-corrected chi connectivity index (χ2v) is 4.59. The molecule has 0 heterocycles. The minimum Gasteiger partial charge on any atom is -0.496 e. The minimum atomic E-state index is 0. The van der Waals surface area contributed by atoms with Crippen LogP contribution in [-0.2, 0) is 0 Å². The highest BCUT2D eigenvalue weighted by molar-refractivity contribution is 9.10. The van der Waals surface area contributed by atoms with Crippen molar-refractivity contribution in [1.82, 2.24) is 0 Å². The van der Waals surface area contributed by atoms with Crippen LogP contribution in [0, 0.1) is 0 Å². The first-order chi connectivity index (χ1) is 7.17. The lowest BCUT2D eigenvalue weighted by molar-refractivity contribution is 0.396. The van der Waals surface area contributed by atoms with E-state index in [0.717, 1.165) is 28.0 Å². The van der Waals surface area contributed by atoms with Gasteiger partial charge in [0.25, 0.3) is 0 Å². The molecule has 0 radical (unpaired) electrons. The zero-order valence-electron chi connectivity index (χ0n) is 9.20. The third-order valence-corrected chi connectivity index (χ3v) is 3.36. The summed E-state index contributed by atoms with van der Waals surface area (Å²) in [5, 5.41) is 0. The van der Waals surface area contributed by atoms with Gasteiger partial charge in [-0.2, -0.15) is 0 Å². The van der Waals surface area contributed by atoms with E-state index in [4.69, 9.17) is 15.2 Å². The fourth-order valence-corrected chi connectivity index (χ4v) is 2.23. The van der Waals surface area contributed by atoms with Gasteiger partial charge in [0.2, 0.25) is 0 Å². The summed E-state index contributed by atoms with van der Waals surface area (Å²) >= 11 is 3.43. The van der Waals surface area contributed by atoms with Crippen molar-refractivity contribution in [2.45, 2.75) is 18.4 Å². The largest absolute Gasteiger partial charge is 0.496 e. The van der Waals surface area contributed by atoms with Gasteiger partial charge in [0.1, 0.15) is 11.5 Å². The van der Waals surface area contributed by atoms with Crippen LogP contribution in [0.2, 0.25) is 0 Å². The molecule has 0 amide bonds. The Morgan fingerprint density at radius 2 is 1.81 bits per heavy atom. The Morgan fingerprint density at radius 1 is 1.25 bits per heavy atom. The highest BCUT2D eigenvalue weighted by atomic mass is 79.9. The maximum atomic E-state index is 5.84. The first kappa shape index (κ1) is 13.6. The molecule has 5 heteroatoms. The summed E-state index contributed by atoms with van der Waals surface area (Å²) < 4.78 is 11.5. The van der Waals surface area contributed by atoms with Crippen molar-refractivity contribution in [3.05, 3.63) is 22.2 Å². The second kappa shape index (κ2) is 5.25. The quantitative estimate of drug-likeness (QED) is 0.934. The summed E-state index contributed by atoms with van der Waals surface area (Å²) in [5.41, 5.74) is 6.99. The van der Waals surface area contributed by atoms with Gasteiger partial charge in [-0.3, -0.25) is 0 Å². The van der Waals surface area contributed by atoms with E-state index in [9.17, 15) is 0 Å². The molecule has 2 N–H and O–H groups in total. The van der Waals surface area contributed by atoms with Gasteiger partial charge in [-0.15, -0.1) is 12.4 Å².